The maximum atomic E-state index is 13.0. The monoisotopic (exact) mass is 404 g/mol. The van der Waals surface area contributed by atoms with E-state index in [9.17, 15) is 4.79 Å². The van der Waals surface area contributed by atoms with E-state index in [1.807, 2.05) is 51.9 Å². The highest BCUT2D eigenvalue weighted by atomic mass is 35.5. The lowest BCUT2D eigenvalue weighted by Gasteiger charge is -2.21. The number of rotatable bonds is 7. The lowest BCUT2D eigenvalue weighted by molar-refractivity contribution is -0.518. The molecule has 6 heteroatoms. The second-order valence-corrected chi connectivity index (χ2v) is 7.49. The number of hydrogen-bond donors (Lipinski definition) is 1. The van der Waals surface area contributed by atoms with Crippen LogP contribution in [-0.4, -0.2) is 28.9 Å². The van der Waals surface area contributed by atoms with Crippen LogP contribution in [0.1, 0.15) is 32.4 Å². The van der Waals surface area contributed by atoms with Crippen molar-refractivity contribution < 1.29 is 9.20 Å². The summed E-state index contributed by atoms with van der Waals surface area (Å²) in [5, 5.41) is 1.31. The van der Waals surface area contributed by atoms with Gasteiger partial charge in [0, 0.05) is 29.7 Å². The third kappa shape index (κ3) is 4.45. The van der Waals surface area contributed by atoms with E-state index in [0.29, 0.717) is 16.5 Å². The first-order valence-electron chi connectivity index (χ1n) is 9.29. The number of nitrogens with zero attached hydrogens (tertiary/aromatic N) is 2. The molecule has 2 aromatic heterocycles. The molecule has 1 amide bonds. The number of aromatic nitrogens is 2. The van der Waals surface area contributed by atoms with Crippen LogP contribution in [0.4, 0.5) is 0 Å². The van der Waals surface area contributed by atoms with Crippen LogP contribution >= 0.6 is 23.2 Å². The Morgan fingerprint density at radius 1 is 1.00 bits per heavy atom. The van der Waals surface area contributed by atoms with Gasteiger partial charge in [0.1, 0.15) is 6.20 Å². The van der Waals surface area contributed by atoms with Crippen molar-refractivity contribution in [2.75, 3.05) is 13.1 Å². The van der Waals surface area contributed by atoms with Crippen LogP contribution in [0, 0.1) is 0 Å². The molecule has 1 aromatic carbocycles. The summed E-state index contributed by atoms with van der Waals surface area (Å²) < 4.78 is 1.97. The number of carbonyl (C=O) groups excluding carboxylic acids is 1. The number of hydrogen-bond acceptors (Lipinski definition) is 1. The second kappa shape index (κ2) is 8.77. The molecule has 142 valence electrons. The van der Waals surface area contributed by atoms with E-state index in [2.05, 4.69) is 18.8 Å². The van der Waals surface area contributed by atoms with E-state index in [1.165, 1.54) is 0 Å². The molecular formula is C21H24Cl2N3O+. The minimum Gasteiger partial charge on any atom is -0.342 e. The number of nitrogens with one attached hydrogen (secondary N) is 1. The number of imidazole rings is 1. The fraction of sp³-hybridized carbons (Fsp3) is 0.333. The quantitative estimate of drug-likeness (QED) is 0.557. The smallest absolute Gasteiger partial charge is 0.284 e. The highest BCUT2D eigenvalue weighted by molar-refractivity contribution is 6.30. The molecule has 3 aromatic rings. The third-order valence-corrected chi connectivity index (χ3v) is 5.01. The molecule has 0 saturated carbocycles. The Kier molecular flexibility index (Phi) is 6.40. The van der Waals surface area contributed by atoms with Crippen LogP contribution in [0.2, 0.25) is 10.0 Å². The van der Waals surface area contributed by atoms with Crippen LogP contribution in [0.15, 0.2) is 42.6 Å². The number of halogens is 2. The normalized spacial score (nSPS) is 11.1. The average Bonchev–Trinajstić information content (AvgIpc) is 3.00. The predicted molar refractivity (Wildman–Crippen MR) is 110 cm³/mol. The van der Waals surface area contributed by atoms with E-state index in [0.717, 1.165) is 48.5 Å². The molecule has 4 nitrogen and oxygen atoms in total. The third-order valence-electron chi connectivity index (χ3n) is 4.54. The summed E-state index contributed by atoms with van der Waals surface area (Å²) in [6.07, 6.45) is 4.05. The molecule has 0 spiro atoms. The summed E-state index contributed by atoms with van der Waals surface area (Å²) in [6, 6.07) is 11.4. The van der Waals surface area contributed by atoms with Gasteiger partial charge in [0.25, 0.3) is 5.65 Å². The summed E-state index contributed by atoms with van der Waals surface area (Å²) in [4.78, 5) is 18.4. The zero-order valence-electron chi connectivity index (χ0n) is 15.6. The molecule has 0 aliphatic heterocycles. The van der Waals surface area contributed by atoms with Gasteiger partial charge in [-0.05, 0) is 43.2 Å². The maximum Gasteiger partial charge on any atom is 0.284 e. The molecule has 1 N–H and O–H groups in total. The molecule has 0 atom stereocenters. The minimum atomic E-state index is 0.127. The van der Waals surface area contributed by atoms with Gasteiger partial charge in [0.2, 0.25) is 5.91 Å². The molecule has 0 unspecified atom stereocenters. The van der Waals surface area contributed by atoms with Crippen molar-refractivity contribution in [1.82, 2.24) is 9.88 Å². The Balaban J connectivity index is 2.06. The van der Waals surface area contributed by atoms with Gasteiger partial charge in [0.05, 0.1) is 11.4 Å². The lowest BCUT2D eigenvalue weighted by Crippen LogP contribution is -2.36. The van der Waals surface area contributed by atoms with E-state index in [1.54, 1.807) is 0 Å². The summed E-state index contributed by atoms with van der Waals surface area (Å²) in [7, 11) is 0. The Morgan fingerprint density at radius 3 is 2.26 bits per heavy atom. The second-order valence-electron chi connectivity index (χ2n) is 6.61. The summed E-state index contributed by atoms with van der Waals surface area (Å²) >= 11 is 12.3. The zero-order chi connectivity index (χ0) is 19.4. The van der Waals surface area contributed by atoms with Crippen molar-refractivity contribution >= 4 is 34.8 Å². The largest absolute Gasteiger partial charge is 0.342 e. The standard InChI is InChI=1S/C21H23Cl2N3O/c1-3-11-25(12-4-2)20(27)13-18-21(15-5-7-16(22)8-6-15)24-19-10-9-17(23)14-26(18)19/h5-10,14H,3-4,11-13H2,1-2H3/p+1. The van der Waals surface area contributed by atoms with Crippen LogP contribution in [0.5, 0.6) is 0 Å². The number of pyridine rings is 1. The van der Waals surface area contributed by atoms with Gasteiger partial charge in [-0.1, -0.05) is 37.0 Å². The first-order chi connectivity index (χ1) is 13.0. The highest BCUT2D eigenvalue weighted by Crippen LogP contribution is 2.24. The van der Waals surface area contributed by atoms with Crippen molar-refractivity contribution in [2.24, 2.45) is 0 Å². The molecule has 2 heterocycles. The summed E-state index contributed by atoms with van der Waals surface area (Å²) in [6.45, 7) is 5.73. The molecule has 27 heavy (non-hydrogen) atoms. The van der Waals surface area contributed by atoms with Crippen molar-refractivity contribution in [1.29, 1.82) is 0 Å². The number of H-pyrrole nitrogens is 1. The van der Waals surface area contributed by atoms with Gasteiger partial charge in [-0.3, -0.25) is 4.79 Å². The average molecular weight is 405 g/mol. The molecule has 0 fully saturated rings. The van der Waals surface area contributed by atoms with Gasteiger partial charge in [-0.25, -0.2) is 4.98 Å². The fourth-order valence-corrected chi connectivity index (χ4v) is 3.59. The molecule has 0 saturated heterocycles. The number of aromatic amines is 1. The highest BCUT2D eigenvalue weighted by Gasteiger charge is 2.25. The SMILES string of the molecule is CCCN(CCC)C(=O)Cc1c(-c2ccc(Cl)cc2)[nH]c2ccc(Cl)c[n+]12. The molecule has 0 aliphatic carbocycles. The topological polar surface area (TPSA) is 40.2 Å². The minimum absolute atomic E-state index is 0.127. The van der Waals surface area contributed by atoms with Gasteiger partial charge in [-0.2, -0.15) is 4.40 Å². The van der Waals surface area contributed by atoms with E-state index >= 15 is 0 Å². The van der Waals surface area contributed by atoms with Crippen molar-refractivity contribution in [2.45, 2.75) is 33.1 Å². The number of carbonyl (C=O) groups is 1. The maximum absolute atomic E-state index is 13.0. The summed E-state index contributed by atoms with van der Waals surface area (Å²) in [5.41, 5.74) is 3.69. The van der Waals surface area contributed by atoms with Gasteiger partial charge < -0.3 is 4.90 Å². The molecule has 0 radical (unpaired) electrons. The zero-order valence-corrected chi connectivity index (χ0v) is 17.1. The molecular weight excluding hydrogens is 381 g/mol. The number of benzene rings is 1. The number of amides is 1. The Morgan fingerprint density at radius 2 is 1.63 bits per heavy atom. The van der Waals surface area contributed by atoms with Crippen molar-refractivity contribution in [3.05, 3.63) is 58.3 Å². The van der Waals surface area contributed by atoms with Gasteiger partial charge in [0.15, 0.2) is 11.4 Å². The van der Waals surface area contributed by atoms with Gasteiger partial charge >= 0.3 is 0 Å². The van der Waals surface area contributed by atoms with Crippen LogP contribution < -0.4 is 4.40 Å². The Bertz CT molecular complexity index is 928. The van der Waals surface area contributed by atoms with Gasteiger partial charge in [-0.15, -0.1) is 0 Å². The molecule has 3 rings (SSSR count). The van der Waals surface area contributed by atoms with Crippen LogP contribution in [0.25, 0.3) is 16.9 Å². The van der Waals surface area contributed by atoms with E-state index in [4.69, 9.17) is 23.2 Å². The van der Waals surface area contributed by atoms with E-state index < -0.39 is 0 Å². The van der Waals surface area contributed by atoms with Crippen LogP contribution in [-0.2, 0) is 11.2 Å². The summed E-state index contributed by atoms with van der Waals surface area (Å²) in [5.74, 6) is 0.127. The Hall–Kier alpha value is -2.04. The first kappa shape index (κ1) is 19.7. The van der Waals surface area contributed by atoms with E-state index in [-0.39, 0.29) is 5.91 Å². The fourth-order valence-electron chi connectivity index (χ4n) is 3.31. The van der Waals surface area contributed by atoms with Crippen molar-refractivity contribution in [3.63, 3.8) is 0 Å². The first-order valence-corrected chi connectivity index (χ1v) is 10.0. The van der Waals surface area contributed by atoms with Crippen LogP contribution in [0.3, 0.4) is 0 Å². The Labute approximate surface area is 169 Å². The van der Waals surface area contributed by atoms with Crippen molar-refractivity contribution in [3.8, 4) is 11.3 Å². The lowest BCUT2D eigenvalue weighted by atomic mass is 10.1. The molecule has 0 aliphatic rings. The molecule has 0 bridgehead atoms. The number of fused-ring (bicyclic) bond motifs is 1. The predicted octanol–water partition coefficient (Wildman–Crippen LogP) is 4.92.